The van der Waals surface area contributed by atoms with Gasteiger partial charge in [-0.3, -0.25) is 4.79 Å². The SMILES string of the molecule is NC(CC(=O)N1CCCC1)c1ccccc1. The fourth-order valence-corrected chi connectivity index (χ4v) is 2.10. The van der Waals surface area contributed by atoms with Gasteiger partial charge >= 0.3 is 0 Å². The van der Waals surface area contributed by atoms with Crippen molar-refractivity contribution in [3.05, 3.63) is 35.9 Å². The maximum absolute atomic E-state index is 11.9. The van der Waals surface area contributed by atoms with Crippen LogP contribution in [0.1, 0.15) is 30.9 Å². The highest BCUT2D eigenvalue weighted by Crippen LogP contribution is 2.17. The molecule has 1 unspecified atom stereocenters. The zero-order valence-electron chi connectivity index (χ0n) is 9.43. The van der Waals surface area contributed by atoms with Crippen molar-refractivity contribution in [3.63, 3.8) is 0 Å². The average molecular weight is 218 g/mol. The maximum Gasteiger partial charge on any atom is 0.224 e. The minimum Gasteiger partial charge on any atom is -0.343 e. The second kappa shape index (κ2) is 5.12. The minimum absolute atomic E-state index is 0.172. The van der Waals surface area contributed by atoms with Crippen LogP contribution in [0, 0.1) is 0 Å². The molecule has 1 heterocycles. The predicted molar refractivity (Wildman–Crippen MR) is 63.8 cm³/mol. The fraction of sp³-hybridized carbons (Fsp3) is 0.462. The van der Waals surface area contributed by atoms with Gasteiger partial charge < -0.3 is 10.6 Å². The van der Waals surface area contributed by atoms with E-state index in [4.69, 9.17) is 5.73 Å². The van der Waals surface area contributed by atoms with Gasteiger partial charge in [0.2, 0.25) is 5.91 Å². The van der Waals surface area contributed by atoms with Gasteiger partial charge in [-0.1, -0.05) is 30.3 Å². The molecule has 1 aromatic rings. The van der Waals surface area contributed by atoms with E-state index in [0.29, 0.717) is 6.42 Å². The number of likely N-dealkylation sites (tertiary alicyclic amines) is 1. The lowest BCUT2D eigenvalue weighted by Gasteiger charge is -2.18. The Morgan fingerprint density at radius 3 is 2.50 bits per heavy atom. The first-order chi connectivity index (χ1) is 7.77. The quantitative estimate of drug-likeness (QED) is 0.839. The number of hydrogen-bond acceptors (Lipinski definition) is 2. The minimum atomic E-state index is -0.172. The van der Waals surface area contributed by atoms with Crippen molar-refractivity contribution in [1.29, 1.82) is 0 Å². The van der Waals surface area contributed by atoms with Crippen LogP contribution in [0.4, 0.5) is 0 Å². The molecule has 3 nitrogen and oxygen atoms in total. The molecule has 1 fully saturated rings. The van der Waals surface area contributed by atoms with E-state index >= 15 is 0 Å². The van der Waals surface area contributed by atoms with E-state index in [1.54, 1.807) is 0 Å². The topological polar surface area (TPSA) is 46.3 Å². The third kappa shape index (κ3) is 2.61. The molecular formula is C13H18N2O. The molecule has 86 valence electrons. The summed E-state index contributed by atoms with van der Waals surface area (Å²) >= 11 is 0. The Kier molecular flexibility index (Phi) is 3.57. The summed E-state index contributed by atoms with van der Waals surface area (Å²) in [7, 11) is 0. The summed E-state index contributed by atoms with van der Waals surface area (Å²) < 4.78 is 0. The fourth-order valence-electron chi connectivity index (χ4n) is 2.10. The second-order valence-corrected chi connectivity index (χ2v) is 4.31. The highest BCUT2D eigenvalue weighted by Gasteiger charge is 2.20. The van der Waals surface area contributed by atoms with Crippen LogP contribution in [0.25, 0.3) is 0 Å². The van der Waals surface area contributed by atoms with E-state index in [0.717, 1.165) is 31.5 Å². The summed E-state index contributed by atoms with van der Waals surface area (Å²) in [4.78, 5) is 13.8. The van der Waals surface area contributed by atoms with Crippen LogP contribution in [0.2, 0.25) is 0 Å². The molecular weight excluding hydrogens is 200 g/mol. The number of rotatable bonds is 3. The monoisotopic (exact) mass is 218 g/mol. The number of carbonyl (C=O) groups excluding carboxylic acids is 1. The van der Waals surface area contributed by atoms with Crippen LogP contribution in [0.3, 0.4) is 0 Å². The molecule has 0 aliphatic carbocycles. The van der Waals surface area contributed by atoms with E-state index in [-0.39, 0.29) is 11.9 Å². The van der Waals surface area contributed by atoms with Crippen molar-refractivity contribution >= 4 is 5.91 Å². The molecule has 0 bridgehead atoms. The predicted octanol–water partition coefficient (Wildman–Crippen LogP) is 1.70. The molecule has 0 spiro atoms. The highest BCUT2D eigenvalue weighted by molar-refractivity contribution is 5.77. The summed E-state index contributed by atoms with van der Waals surface area (Å²) in [6, 6.07) is 9.64. The Balaban J connectivity index is 1.92. The van der Waals surface area contributed by atoms with Crippen molar-refractivity contribution in [2.75, 3.05) is 13.1 Å². The smallest absolute Gasteiger partial charge is 0.224 e. The van der Waals surface area contributed by atoms with Crippen molar-refractivity contribution < 1.29 is 4.79 Å². The standard InChI is InChI=1S/C13H18N2O/c14-12(11-6-2-1-3-7-11)10-13(16)15-8-4-5-9-15/h1-3,6-7,12H,4-5,8-10,14H2. The first-order valence-corrected chi connectivity index (χ1v) is 5.85. The Morgan fingerprint density at radius 1 is 1.25 bits per heavy atom. The zero-order chi connectivity index (χ0) is 11.4. The van der Waals surface area contributed by atoms with Crippen molar-refractivity contribution in [1.82, 2.24) is 4.90 Å². The molecule has 2 rings (SSSR count). The molecule has 0 aromatic heterocycles. The van der Waals surface area contributed by atoms with Crippen molar-refractivity contribution in [2.24, 2.45) is 5.73 Å². The normalized spacial score (nSPS) is 17.4. The summed E-state index contributed by atoms with van der Waals surface area (Å²) in [5, 5.41) is 0. The van der Waals surface area contributed by atoms with E-state index in [2.05, 4.69) is 0 Å². The van der Waals surface area contributed by atoms with Gasteiger partial charge in [0, 0.05) is 25.6 Å². The number of hydrogen-bond donors (Lipinski definition) is 1. The lowest BCUT2D eigenvalue weighted by molar-refractivity contribution is -0.130. The molecule has 0 radical (unpaired) electrons. The van der Waals surface area contributed by atoms with Gasteiger partial charge in [-0.15, -0.1) is 0 Å². The first-order valence-electron chi connectivity index (χ1n) is 5.85. The molecule has 1 aliphatic heterocycles. The molecule has 16 heavy (non-hydrogen) atoms. The van der Waals surface area contributed by atoms with Crippen LogP contribution in [0.15, 0.2) is 30.3 Å². The van der Waals surface area contributed by atoms with E-state index in [1.165, 1.54) is 0 Å². The Morgan fingerprint density at radius 2 is 1.88 bits per heavy atom. The second-order valence-electron chi connectivity index (χ2n) is 4.31. The van der Waals surface area contributed by atoms with E-state index < -0.39 is 0 Å². The van der Waals surface area contributed by atoms with E-state index in [9.17, 15) is 4.79 Å². The summed E-state index contributed by atoms with van der Waals surface area (Å²) in [6.45, 7) is 1.81. The van der Waals surface area contributed by atoms with Gasteiger partial charge in [0.05, 0.1) is 0 Å². The Hall–Kier alpha value is -1.35. The van der Waals surface area contributed by atoms with Crippen molar-refractivity contribution in [2.45, 2.75) is 25.3 Å². The van der Waals surface area contributed by atoms with Gasteiger partial charge in [0.25, 0.3) is 0 Å². The molecule has 1 aromatic carbocycles. The van der Waals surface area contributed by atoms with E-state index in [1.807, 2.05) is 35.2 Å². The molecule has 1 aliphatic rings. The molecule has 1 atom stereocenters. The number of nitrogens with zero attached hydrogens (tertiary/aromatic N) is 1. The molecule has 1 amide bonds. The summed E-state index contributed by atoms with van der Waals surface area (Å²) in [6.07, 6.45) is 2.68. The van der Waals surface area contributed by atoms with Crippen molar-refractivity contribution in [3.8, 4) is 0 Å². The highest BCUT2D eigenvalue weighted by atomic mass is 16.2. The summed E-state index contributed by atoms with van der Waals surface area (Å²) in [5.41, 5.74) is 7.05. The van der Waals surface area contributed by atoms with Crippen LogP contribution in [-0.2, 0) is 4.79 Å². The maximum atomic E-state index is 11.9. The molecule has 0 saturated carbocycles. The number of carbonyl (C=O) groups is 1. The Bertz CT molecular complexity index is 344. The zero-order valence-corrected chi connectivity index (χ0v) is 9.43. The lowest BCUT2D eigenvalue weighted by atomic mass is 10.0. The summed E-state index contributed by atoms with van der Waals surface area (Å²) in [5.74, 6) is 0.189. The lowest BCUT2D eigenvalue weighted by Crippen LogP contribution is -2.30. The third-order valence-corrected chi connectivity index (χ3v) is 3.08. The van der Waals surface area contributed by atoms with Gasteiger partial charge in [-0.2, -0.15) is 0 Å². The van der Waals surface area contributed by atoms with Gasteiger partial charge in [-0.25, -0.2) is 0 Å². The number of nitrogens with two attached hydrogens (primary N) is 1. The molecule has 3 heteroatoms. The average Bonchev–Trinajstić information content (AvgIpc) is 2.83. The van der Waals surface area contributed by atoms with Gasteiger partial charge in [0.15, 0.2) is 0 Å². The largest absolute Gasteiger partial charge is 0.343 e. The first kappa shape index (κ1) is 11.1. The van der Waals surface area contributed by atoms with Crippen LogP contribution >= 0.6 is 0 Å². The van der Waals surface area contributed by atoms with Crippen LogP contribution in [-0.4, -0.2) is 23.9 Å². The van der Waals surface area contributed by atoms with Crippen LogP contribution < -0.4 is 5.73 Å². The Labute approximate surface area is 96.2 Å². The third-order valence-electron chi connectivity index (χ3n) is 3.08. The van der Waals surface area contributed by atoms with Crippen LogP contribution in [0.5, 0.6) is 0 Å². The number of amides is 1. The van der Waals surface area contributed by atoms with Gasteiger partial charge in [-0.05, 0) is 18.4 Å². The number of benzene rings is 1. The molecule has 1 saturated heterocycles. The molecule has 2 N–H and O–H groups in total. The van der Waals surface area contributed by atoms with Gasteiger partial charge in [0.1, 0.15) is 0 Å².